The van der Waals surface area contributed by atoms with E-state index in [4.69, 9.17) is 3.32 Å². The fourth-order valence-corrected chi connectivity index (χ4v) is 3.74. The second-order valence-electron chi connectivity index (χ2n) is 4.85. The van der Waals surface area contributed by atoms with Crippen molar-refractivity contribution in [1.82, 2.24) is 0 Å². The molecule has 110 valence electrons. The van der Waals surface area contributed by atoms with Crippen LogP contribution in [0.4, 0.5) is 0 Å². The molecule has 0 N–H and O–H groups in total. The number of hydrogen-bond donors (Lipinski definition) is 0. The fraction of sp³-hybridized carbons (Fsp3) is 0.176. The van der Waals surface area contributed by atoms with Gasteiger partial charge in [0.15, 0.2) is 0 Å². The molecule has 0 spiro atoms. The molecule has 1 nitrogen and oxygen atoms in total. The van der Waals surface area contributed by atoms with Gasteiger partial charge < -0.3 is 0 Å². The third-order valence-electron chi connectivity index (χ3n) is 3.36. The first-order valence-electron chi connectivity index (χ1n) is 6.55. The molecule has 2 aromatic rings. The van der Waals surface area contributed by atoms with E-state index in [9.17, 15) is 0 Å². The van der Waals surface area contributed by atoms with Crippen LogP contribution in [0, 0.1) is 0 Å². The van der Waals surface area contributed by atoms with Crippen LogP contribution in [0.15, 0.2) is 64.1 Å². The summed E-state index contributed by atoms with van der Waals surface area (Å²) in [5.74, 6) is 0. The number of allylic oxidation sites excluding steroid dienone is 4. The molecule has 2 aromatic carbocycles. The molecule has 0 fully saturated rings. The summed E-state index contributed by atoms with van der Waals surface area (Å²) in [4.78, 5) is 0. The van der Waals surface area contributed by atoms with Gasteiger partial charge >= 0.3 is 123 Å². The van der Waals surface area contributed by atoms with E-state index < -0.39 is 19.5 Å². The summed E-state index contributed by atoms with van der Waals surface area (Å²) < 4.78 is 7.48. The molecule has 0 unspecified atom stereocenters. The van der Waals surface area contributed by atoms with E-state index in [1.54, 1.807) is 0 Å². The monoisotopic (exact) mass is 356 g/mol. The average molecular weight is 357 g/mol. The Kier molecular flexibility index (Phi) is 7.72. The van der Waals surface area contributed by atoms with E-state index in [0.717, 1.165) is 13.0 Å². The Morgan fingerprint density at radius 3 is 2.57 bits per heavy atom. The molecule has 0 atom stereocenters. The number of fused-ring (bicyclic) bond motifs is 1. The minimum absolute atomic E-state index is 0. The van der Waals surface area contributed by atoms with Gasteiger partial charge in [-0.2, -0.15) is 0 Å². The molecule has 21 heavy (non-hydrogen) atoms. The van der Waals surface area contributed by atoms with Gasteiger partial charge in [-0.3, -0.25) is 0 Å². The van der Waals surface area contributed by atoms with Crippen LogP contribution >= 0.6 is 24.8 Å². The SMILES string of the molecule is CC1=CC[C]([Ti][O]Cc2cccc3ccccc23)=C1.Cl.Cl. The Labute approximate surface area is 147 Å². The molecule has 0 amide bonds. The summed E-state index contributed by atoms with van der Waals surface area (Å²) >= 11 is -0.417. The zero-order valence-corrected chi connectivity index (χ0v) is 15.0. The third kappa shape index (κ3) is 4.70. The van der Waals surface area contributed by atoms with Gasteiger partial charge in [0.25, 0.3) is 0 Å². The van der Waals surface area contributed by atoms with Crippen molar-refractivity contribution in [3.63, 3.8) is 0 Å². The summed E-state index contributed by atoms with van der Waals surface area (Å²) in [6.45, 7) is 2.89. The molecule has 1 aliphatic rings. The van der Waals surface area contributed by atoms with Crippen molar-refractivity contribution in [2.45, 2.75) is 20.0 Å². The van der Waals surface area contributed by atoms with Crippen molar-refractivity contribution in [2.24, 2.45) is 0 Å². The van der Waals surface area contributed by atoms with Crippen molar-refractivity contribution in [2.75, 3.05) is 0 Å². The smallest absolute Gasteiger partial charge is 0.147 e. The molecule has 0 saturated heterocycles. The van der Waals surface area contributed by atoms with E-state index >= 15 is 0 Å². The van der Waals surface area contributed by atoms with Crippen molar-refractivity contribution in [1.29, 1.82) is 0 Å². The fourth-order valence-electron chi connectivity index (χ4n) is 2.36. The van der Waals surface area contributed by atoms with E-state index in [1.165, 1.54) is 25.8 Å². The summed E-state index contributed by atoms with van der Waals surface area (Å²) in [6.07, 6.45) is 5.66. The van der Waals surface area contributed by atoms with E-state index in [-0.39, 0.29) is 24.8 Å². The Morgan fingerprint density at radius 2 is 1.81 bits per heavy atom. The topological polar surface area (TPSA) is 9.23 Å². The second-order valence-corrected chi connectivity index (χ2v) is 6.62. The van der Waals surface area contributed by atoms with Crippen molar-refractivity contribution < 1.29 is 22.9 Å². The maximum absolute atomic E-state index is 5.98. The first kappa shape index (κ1) is 18.5. The van der Waals surface area contributed by atoms with Gasteiger partial charge in [-0.1, -0.05) is 0 Å². The van der Waals surface area contributed by atoms with Crippen LogP contribution in [0.1, 0.15) is 18.9 Å². The largest absolute Gasteiger partial charge is 0.147 e. The van der Waals surface area contributed by atoms with Crippen molar-refractivity contribution >= 4 is 35.6 Å². The molecule has 0 heterocycles. The van der Waals surface area contributed by atoms with E-state index in [0.29, 0.717) is 0 Å². The van der Waals surface area contributed by atoms with Crippen LogP contribution in [0.5, 0.6) is 0 Å². The Morgan fingerprint density at radius 1 is 1.05 bits per heavy atom. The number of benzene rings is 2. The molecule has 0 bridgehead atoms. The standard InChI is InChI=1S/C11H9O.C6H7.2ClH.Ti/c12-8-10-6-3-5-9-4-1-2-7-11(9)10;1-6-4-2-3-5-6;;;/h1-7H,8H2;4-5H,2H2,1H3;2*1H;/q-1;;;;+1. The minimum Gasteiger partial charge on any atom is -0.147 e. The second kappa shape index (κ2) is 8.77. The predicted molar refractivity (Wildman–Crippen MR) is 89.7 cm³/mol. The van der Waals surface area contributed by atoms with Crippen LogP contribution in [-0.4, -0.2) is 0 Å². The average Bonchev–Trinajstić information content (AvgIpc) is 2.85. The maximum Gasteiger partial charge on any atom is -0.147 e. The molecule has 3 rings (SSSR count). The van der Waals surface area contributed by atoms with Crippen LogP contribution in [0.3, 0.4) is 0 Å². The molecular weight excluding hydrogens is 339 g/mol. The van der Waals surface area contributed by atoms with Gasteiger partial charge in [-0.05, 0) is 0 Å². The van der Waals surface area contributed by atoms with Crippen LogP contribution in [-0.2, 0) is 29.5 Å². The molecular formula is C17H18Cl2OTi. The van der Waals surface area contributed by atoms with Gasteiger partial charge in [-0.15, -0.1) is 24.8 Å². The van der Waals surface area contributed by atoms with Crippen LogP contribution in [0.25, 0.3) is 10.8 Å². The van der Waals surface area contributed by atoms with Crippen molar-refractivity contribution in [3.05, 3.63) is 69.6 Å². The summed E-state index contributed by atoms with van der Waals surface area (Å²) in [6, 6.07) is 14.9. The number of halogens is 2. The van der Waals surface area contributed by atoms with Gasteiger partial charge in [-0.25, -0.2) is 0 Å². The van der Waals surface area contributed by atoms with E-state index in [2.05, 4.69) is 61.5 Å². The summed E-state index contributed by atoms with van der Waals surface area (Å²) in [7, 11) is 0. The molecule has 0 aromatic heterocycles. The van der Waals surface area contributed by atoms with Crippen molar-refractivity contribution in [3.8, 4) is 0 Å². The van der Waals surface area contributed by atoms with Gasteiger partial charge in [0.05, 0.1) is 0 Å². The van der Waals surface area contributed by atoms with E-state index in [1.807, 2.05) is 0 Å². The Hall–Kier alpha value is -0.566. The van der Waals surface area contributed by atoms with Gasteiger partial charge in [0, 0.05) is 0 Å². The quantitative estimate of drug-likeness (QED) is 0.663. The zero-order valence-electron chi connectivity index (χ0n) is 11.8. The third-order valence-corrected chi connectivity index (χ3v) is 4.76. The maximum atomic E-state index is 5.98. The first-order chi connectivity index (χ1) is 9.33. The van der Waals surface area contributed by atoms with Gasteiger partial charge in [0.2, 0.25) is 0 Å². The Bertz CT molecular complexity index is 659. The minimum atomic E-state index is -0.417. The first-order valence-corrected chi connectivity index (χ1v) is 7.96. The van der Waals surface area contributed by atoms with Crippen LogP contribution < -0.4 is 0 Å². The molecule has 0 saturated carbocycles. The van der Waals surface area contributed by atoms with Crippen LogP contribution in [0.2, 0.25) is 0 Å². The van der Waals surface area contributed by atoms with Gasteiger partial charge in [0.1, 0.15) is 0 Å². The number of hydrogen-bond acceptors (Lipinski definition) is 1. The summed E-state index contributed by atoms with van der Waals surface area (Å²) in [5, 5.41) is 2.60. The zero-order chi connectivity index (χ0) is 13.1. The summed E-state index contributed by atoms with van der Waals surface area (Å²) in [5.41, 5.74) is 2.68. The number of rotatable bonds is 4. The molecule has 0 radical (unpaired) electrons. The normalized spacial score (nSPS) is 13.0. The predicted octanol–water partition coefficient (Wildman–Crippen LogP) is 5.43. The molecule has 0 aliphatic heterocycles. The molecule has 4 heteroatoms. The Balaban J connectivity index is 0.00000110. The molecule has 1 aliphatic carbocycles.